The molecule has 2 unspecified atom stereocenters. The van der Waals surface area contributed by atoms with Crippen molar-refractivity contribution in [2.75, 3.05) is 33.5 Å². The lowest BCUT2D eigenvalue weighted by molar-refractivity contribution is -0.145. The van der Waals surface area contributed by atoms with Gasteiger partial charge in [0.2, 0.25) is 0 Å². The molecule has 2 atom stereocenters. The average Bonchev–Trinajstić information content (AvgIpc) is 2.66. The van der Waals surface area contributed by atoms with Crippen molar-refractivity contribution in [1.29, 1.82) is 0 Å². The molecule has 3 rings (SSSR count). The smallest absolute Gasteiger partial charge is 0.251 e. The summed E-state index contributed by atoms with van der Waals surface area (Å²) in [5, 5.41) is 0. The number of hydrogen-bond acceptors (Lipinski definition) is 5. The van der Waals surface area contributed by atoms with Crippen molar-refractivity contribution in [2.24, 2.45) is 0 Å². The van der Waals surface area contributed by atoms with Crippen molar-refractivity contribution in [3.8, 4) is 11.5 Å². The molecule has 0 aromatic heterocycles. The SMILES string of the molecule is CC(OCC1CCCCO1)C(=O)N(C)Cc1ccc2c(c1)OCCO2. The number of ether oxygens (including phenoxy) is 4. The summed E-state index contributed by atoms with van der Waals surface area (Å²) in [4.78, 5) is 14.2. The van der Waals surface area contributed by atoms with Crippen molar-refractivity contribution < 1.29 is 23.7 Å². The van der Waals surface area contributed by atoms with Gasteiger partial charge in [0.1, 0.15) is 19.3 Å². The first-order chi connectivity index (χ1) is 12.1. The van der Waals surface area contributed by atoms with E-state index in [1.165, 1.54) is 6.42 Å². The van der Waals surface area contributed by atoms with Crippen LogP contribution in [0.3, 0.4) is 0 Å². The minimum Gasteiger partial charge on any atom is -0.486 e. The minimum atomic E-state index is -0.479. The Bertz CT molecular complexity index is 585. The number of nitrogens with zero attached hydrogens (tertiary/aromatic N) is 1. The molecule has 0 bridgehead atoms. The molecule has 0 N–H and O–H groups in total. The first-order valence-electron chi connectivity index (χ1n) is 9.00. The molecule has 0 radical (unpaired) electrons. The highest BCUT2D eigenvalue weighted by atomic mass is 16.6. The molecule has 0 saturated carbocycles. The van der Waals surface area contributed by atoms with Crippen LogP contribution in [0.5, 0.6) is 11.5 Å². The molecule has 1 fully saturated rings. The van der Waals surface area contributed by atoms with Gasteiger partial charge < -0.3 is 23.8 Å². The van der Waals surface area contributed by atoms with Crippen LogP contribution in [0.2, 0.25) is 0 Å². The number of carbonyl (C=O) groups is 1. The van der Waals surface area contributed by atoms with E-state index < -0.39 is 6.10 Å². The normalized spacial score (nSPS) is 20.8. The average molecular weight is 349 g/mol. The zero-order valence-electron chi connectivity index (χ0n) is 15.0. The third-order valence-corrected chi connectivity index (χ3v) is 4.56. The number of hydrogen-bond donors (Lipinski definition) is 0. The Hall–Kier alpha value is -1.79. The molecule has 25 heavy (non-hydrogen) atoms. The van der Waals surface area contributed by atoms with E-state index in [0.717, 1.165) is 36.5 Å². The maximum absolute atomic E-state index is 12.5. The molecule has 0 spiro atoms. The molecule has 1 amide bonds. The maximum Gasteiger partial charge on any atom is 0.251 e. The van der Waals surface area contributed by atoms with E-state index >= 15 is 0 Å². The molecule has 1 aromatic rings. The highest BCUT2D eigenvalue weighted by Crippen LogP contribution is 2.31. The highest BCUT2D eigenvalue weighted by Gasteiger charge is 2.22. The maximum atomic E-state index is 12.5. The van der Waals surface area contributed by atoms with E-state index in [9.17, 15) is 4.79 Å². The van der Waals surface area contributed by atoms with Crippen LogP contribution in [0.4, 0.5) is 0 Å². The zero-order chi connectivity index (χ0) is 17.6. The Morgan fingerprint density at radius 2 is 2.04 bits per heavy atom. The van der Waals surface area contributed by atoms with Gasteiger partial charge in [-0.25, -0.2) is 0 Å². The lowest BCUT2D eigenvalue weighted by Crippen LogP contribution is -2.38. The molecule has 1 saturated heterocycles. The van der Waals surface area contributed by atoms with Crippen LogP contribution < -0.4 is 9.47 Å². The highest BCUT2D eigenvalue weighted by molar-refractivity contribution is 5.80. The summed E-state index contributed by atoms with van der Waals surface area (Å²) < 4.78 is 22.5. The van der Waals surface area contributed by atoms with Gasteiger partial charge in [0, 0.05) is 20.2 Å². The van der Waals surface area contributed by atoms with Gasteiger partial charge in [-0.3, -0.25) is 4.79 Å². The van der Waals surface area contributed by atoms with Gasteiger partial charge in [0.05, 0.1) is 12.7 Å². The molecular formula is C19H27NO5. The Balaban J connectivity index is 1.49. The summed E-state index contributed by atoms with van der Waals surface area (Å²) >= 11 is 0. The van der Waals surface area contributed by atoms with Crippen LogP contribution in [0.15, 0.2) is 18.2 Å². The van der Waals surface area contributed by atoms with Crippen molar-refractivity contribution >= 4 is 5.91 Å². The van der Waals surface area contributed by atoms with Gasteiger partial charge in [-0.15, -0.1) is 0 Å². The van der Waals surface area contributed by atoms with Crippen LogP contribution in [-0.4, -0.2) is 56.5 Å². The first kappa shape index (κ1) is 18.0. The van der Waals surface area contributed by atoms with E-state index in [0.29, 0.717) is 26.4 Å². The number of fused-ring (bicyclic) bond motifs is 1. The van der Waals surface area contributed by atoms with E-state index in [2.05, 4.69) is 0 Å². The molecule has 0 aliphatic carbocycles. The Kier molecular flexibility index (Phi) is 6.15. The van der Waals surface area contributed by atoms with Crippen LogP contribution in [-0.2, 0) is 20.8 Å². The zero-order valence-corrected chi connectivity index (χ0v) is 15.0. The number of carbonyl (C=O) groups excluding carboxylic acids is 1. The lowest BCUT2D eigenvalue weighted by atomic mass is 10.1. The number of likely N-dealkylation sites (N-methyl/N-ethyl adjacent to an activating group) is 1. The van der Waals surface area contributed by atoms with Gasteiger partial charge in [-0.1, -0.05) is 6.07 Å². The Labute approximate surface area is 149 Å². The summed E-state index contributed by atoms with van der Waals surface area (Å²) in [6.07, 6.45) is 2.93. The molecule has 1 aromatic carbocycles. The number of benzene rings is 1. The van der Waals surface area contributed by atoms with E-state index in [1.54, 1.807) is 18.9 Å². The van der Waals surface area contributed by atoms with Gasteiger partial charge >= 0.3 is 0 Å². The fourth-order valence-electron chi connectivity index (χ4n) is 3.11. The molecule has 2 aliphatic heterocycles. The Morgan fingerprint density at radius 1 is 1.24 bits per heavy atom. The molecule has 2 aliphatic rings. The minimum absolute atomic E-state index is 0.0364. The number of rotatable bonds is 6. The van der Waals surface area contributed by atoms with Crippen molar-refractivity contribution in [3.63, 3.8) is 0 Å². The van der Waals surface area contributed by atoms with Crippen molar-refractivity contribution in [3.05, 3.63) is 23.8 Å². The third kappa shape index (κ3) is 4.86. The van der Waals surface area contributed by atoms with Crippen LogP contribution in [0, 0.1) is 0 Å². The van der Waals surface area contributed by atoms with Crippen LogP contribution >= 0.6 is 0 Å². The molecule has 2 heterocycles. The first-order valence-corrected chi connectivity index (χ1v) is 9.00. The lowest BCUT2D eigenvalue weighted by Gasteiger charge is -2.26. The molecule has 138 valence electrons. The summed E-state index contributed by atoms with van der Waals surface area (Å²) in [6.45, 7) is 4.70. The van der Waals surface area contributed by atoms with Crippen LogP contribution in [0.25, 0.3) is 0 Å². The van der Waals surface area contributed by atoms with E-state index in [1.807, 2.05) is 18.2 Å². The molecule has 6 nitrogen and oxygen atoms in total. The van der Waals surface area contributed by atoms with Gasteiger partial charge in [-0.05, 0) is 43.9 Å². The topological polar surface area (TPSA) is 57.2 Å². The molecule has 6 heteroatoms. The summed E-state index contributed by atoms with van der Waals surface area (Å²) in [6, 6.07) is 5.78. The second-order valence-corrected chi connectivity index (χ2v) is 6.64. The third-order valence-electron chi connectivity index (χ3n) is 4.56. The summed E-state index contributed by atoms with van der Waals surface area (Å²) in [5.74, 6) is 1.46. The van der Waals surface area contributed by atoms with Gasteiger partial charge in [0.15, 0.2) is 11.5 Å². The second-order valence-electron chi connectivity index (χ2n) is 6.64. The largest absolute Gasteiger partial charge is 0.486 e. The Morgan fingerprint density at radius 3 is 2.80 bits per heavy atom. The fourth-order valence-corrected chi connectivity index (χ4v) is 3.11. The quantitative estimate of drug-likeness (QED) is 0.789. The van der Waals surface area contributed by atoms with Gasteiger partial charge in [-0.2, -0.15) is 0 Å². The monoisotopic (exact) mass is 349 g/mol. The van der Waals surface area contributed by atoms with Crippen molar-refractivity contribution in [1.82, 2.24) is 4.90 Å². The summed E-state index contributed by atoms with van der Waals surface area (Å²) in [7, 11) is 1.79. The van der Waals surface area contributed by atoms with E-state index in [-0.39, 0.29) is 12.0 Å². The molecular weight excluding hydrogens is 322 g/mol. The van der Waals surface area contributed by atoms with Crippen molar-refractivity contribution in [2.45, 2.75) is 44.9 Å². The van der Waals surface area contributed by atoms with Gasteiger partial charge in [0.25, 0.3) is 5.91 Å². The predicted molar refractivity (Wildman–Crippen MR) is 92.9 cm³/mol. The second kappa shape index (κ2) is 8.54. The standard InChI is InChI=1S/C19H27NO5/c1-14(25-13-16-5-3-4-8-22-16)19(21)20(2)12-15-6-7-17-18(11-15)24-10-9-23-17/h6-7,11,14,16H,3-5,8-10,12-13H2,1-2H3. The van der Waals surface area contributed by atoms with Crippen LogP contribution in [0.1, 0.15) is 31.7 Å². The van der Waals surface area contributed by atoms with E-state index in [4.69, 9.17) is 18.9 Å². The number of amides is 1. The summed E-state index contributed by atoms with van der Waals surface area (Å²) in [5.41, 5.74) is 1.00. The fraction of sp³-hybridized carbons (Fsp3) is 0.632. The predicted octanol–water partition coefficient (Wildman–Crippen LogP) is 2.39.